The van der Waals surface area contributed by atoms with Gasteiger partial charge in [0.1, 0.15) is 0 Å². The third-order valence-electron chi connectivity index (χ3n) is 7.50. The van der Waals surface area contributed by atoms with Crippen molar-refractivity contribution in [3.8, 4) is 0 Å². The predicted molar refractivity (Wildman–Crippen MR) is 111 cm³/mol. The number of nitrogens with one attached hydrogen (secondary N) is 1. The minimum absolute atomic E-state index is 0.251. The van der Waals surface area contributed by atoms with Crippen molar-refractivity contribution in [3.05, 3.63) is 77.4 Å². The van der Waals surface area contributed by atoms with Crippen molar-refractivity contribution in [1.29, 1.82) is 0 Å². The number of carboxylic acids is 1. The maximum Gasteiger partial charge on any atom is 0.335 e. The van der Waals surface area contributed by atoms with E-state index >= 15 is 0 Å². The Labute approximate surface area is 164 Å². The van der Waals surface area contributed by atoms with Gasteiger partial charge in [0.2, 0.25) is 0 Å². The van der Waals surface area contributed by atoms with E-state index in [0.29, 0.717) is 17.4 Å². The smallest absolute Gasteiger partial charge is 0.335 e. The largest absolute Gasteiger partial charge is 0.478 e. The normalized spacial score (nSPS) is 29.9. The molecule has 2 fully saturated rings. The summed E-state index contributed by atoms with van der Waals surface area (Å²) in [4.78, 5) is 11.3. The van der Waals surface area contributed by atoms with Crippen molar-refractivity contribution in [2.24, 2.45) is 17.8 Å². The maximum absolute atomic E-state index is 11.3. The first-order chi connectivity index (χ1) is 13.7. The van der Waals surface area contributed by atoms with Crippen LogP contribution in [0.15, 0.2) is 60.7 Å². The van der Waals surface area contributed by atoms with Crippen LogP contribution in [0.3, 0.4) is 0 Å². The number of rotatable bonds is 2. The number of hydrogen-bond donors (Lipinski definition) is 2. The van der Waals surface area contributed by atoms with Crippen molar-refractivity contribution < 1.29 is 9.90 Å². The summed E-state index contributed by atoms with van der Waals surface area (Å²) in [5, 5.41) is 15.7. The molecule has 2 saturated carbocycles. The number of benzene rings is 3. The van der Waals surface area contributed by atoms with Gasteiger partial charge >= 0.3 is 5.97 Å². The van der Waals surface area contributed by atoms with Gasteiger partial charge in [0, 0.05) is 11.1 Å². The number of hydrogen-bond acceptors (Lipinski definition) is 2. The summed E-state index contributed by atoms with van der Waals surface area (Å²) in [5.74, 6) is 1.91. The van der Waals surface area contributed by atoms with E-state index in [2.05, 4.69) is 41.7 Å². The Bertz CT molecular complexity index is 1090. The Morgan fingerprint density at radius 3 is 2.54 bits per heavy atom. The quantitative estimate of drug-likeness (QED) is 0.597. The second-order valence-corrected chi connectivity index (χ2v) is 8.74. The molecule has 0 saturated heterocycles. The van der Waals surface area contributed by atoms with Crippen LogP contribution in [0.1, 0.15) is 52.7 Å². The Kier molecular flexibility index (Phi) is 3.37. The first-order valence-corrected chi connectivity index (χ1v) is 10.3. The molecule has 0 spiro atoms. The lowest BCUT2D eigenvalue weighted by Gasteiger charge is -2.44. The Morgan fingerprint density at radius 2 is 1.71 bits per heavy atom. The number of fused-ring (bicyclic) bond motifs is 9. The Morgan fingerprint density at radius 1 is 0.929 bits per heavy atom. The second-order valence-electron chi connectivity index (χ2n) is 8.74. The fraction of sp³-hybridized carbons (Fsp3) is 0.320. The molecule has 140 valence electrons. The summed E-state index contributed by atoms with van der Waals surface area (Å²) in [6, 6.07) is 21.0. The summed E-state index contributed by atoms with van der Waals surface area (Å²) < 4.78 is 0. The number of anilines is 1. The minimum Gasteiger partial charge on any atom is -0.478 e. The van der Waals surface area contributed by atoms with Gasteiger partial charge in [-0.3, -0.25) is 0 Å². The van der Waals surface area contributed by atoms with Crippen molar-refractivity contribution in [2.75, 3.05) is 5.32 Å². The minimum atomic E-state index is -0.864. The summed E-state index contributed by atoms with van der Waals surface area (Å²) in [6.07, 6.45) is 4.02. The highest BCUT2D eigenvalue weighted by atomic mass is 16.4. The van der Waals surface area contributed by atoms with Gasteiger partial charge in [0.25, 0.3) is 0 Å². The third-order valence-corrected chi connectivity index (χ3v) is 7.50. The molecule has 2 bridgehead atoms. The fourth-order valence-corrected chi connectivity index (χ4v) is 6.39. The molecular formula is C25H23NO2. The molecule has 3 aliphatic rings. The lowest BCUT2D eigenvalue weighted by molar-refractivity contribution is 0.0697. The van der Waals surface area contributed by atoms with Gasteiger partial charge in [0.05, 0.1) is 11.6 Å². The van der Waals surface area contributed by atoms with Gasteiger partial charge in [0.15, 0.2) is 0 Å². The van der Waals surface area contributed by atoms with Gasteiger partial charge < -0.3 is 10.4 Å². The first kappa shape index (κ1) is 16.2. The van der Waals surface area contributed by atoms with Crippen LogP contribution in [0, 0.1) is 17.8 Å². The third kappa shape index (κ3) is 2.19. The molecule has 3 aromatic rings. The molecule has 3 heteroatoms. The zero-order valence-corrected chi connectivity index (χ0v) is 15.6. The summed E-state index contributed by atoms with van der Waals surface area (Å²) >= 11 is 0. The molecule has 0 aromatic heterocycles. The van der Waals surface area contributed by atoms with E-state index in [1.54, 1.807) is 12.1 Å². The average molecular weight is 369 g/mol. The Balaban J connectivity index is 1.51. The molecule has 2 aliphatic carbocycles. The van der Waals surface area contributed by atoms with E-state index in [9.17, 15) is 9.90 Å². The molecule has 0 unspecified atom stereocenters. The van der Waals surface area contributed by atoms with E-state index in [-0.39, 0.29) is 6.04 Å². The van der Waals surface area contributed by atoms with Gasteiger partial charge in [-0.15, -0.1) is 0 Å². The second kappa shape index (κ2) is 5.84. The predicted octanol–water partition coefficient (Wildman–Crippen LogP) is 5.83. The van der Waals surface area contributed by atoms with Gasteiger partial charge in [-0.25, -0.2) is 4.79 Å². The summed E-state index contributed by atoms with van der Waals surface area (Å²) in [5.41, 5.74) is 4.36. The average Bonchev–Trinajstić information content (AvgIpc) is 3.35. The van der Waals surface area contributed by atoms with E-state index in [4.69, 9.17) is 0 Å². The van der Waals surface area contributed by atoms with Crippen LogP contribution < -0.4 is 5.32 Å². The molecule has 3 aromatic carbocycles. The van der Waals surface area contributed by atoms with Crippen LogP contribution >= 0.6 is 0 Å². The van der Waals surface area contributed by atoms with Gasteiger partial charge in [-0.05, 0) is 71.6 Å². The van der Waals surface area contributed by atoms with Gasteiger partial charge in [-0.2, -0.15) is 0 Å². The molecule has 6 rings (SSSR count). The highest BCUT2D eigenvalue weighted by molar-refractivity contribution is 5.96. The van der Waals surface area contributed by atoms with Crippen LogP contribution in [0.25, 0.3) is 10.8 Å². The van der Waals surface area contributed by atoms with E-state index in [1.807, 2.05) is 12.1 Å². The highest BCUT2D eigenvalue weighted by Crippen LogP contribution is 2.64. The van der Waals surface area contributed by atoms with Crippen LogP contribution in [0.5, 0.6) is 0 Å². The first-order valence-electron chi connectivity index (χ1n) is 10.3. The van der Waals surface area contributed by atoms with Crippen LogP contribution in [0.2, 0.25) is 0 Å². The molecule has 0 amide bonds. The zero-order valence-electron chi connectivity index (χ0n) is 15.6. The van der Waals surface area contributed by atoms with Crippen molar-refractivity contribution >= 4 is 22.4 Å². The molecule has 3 nitrogen and oxygen atoms in total. The molecule has 1 heterocycles. The number of carbonyl (C=O) groups is 1. The maximum atomic E-state index is 11.3. The number of carboxylic acid groups (broad SMARTS) is 1. The fourth-order valence-electron chi connectivity index (χ4n) is 6.39. The molecule has 0 radical (unpaired) electrons. The van der Waals surface area contributed by atoms with Crippen molar-refractivity contribution in [3.63, 3.8) is 0 Å². The number of aromatic carboxylic acids is 1. The lowest BCUT2D eigenvalue weighted by atomic mass is 9.67. The highest BCUT2D eigenvalue weighted by Gasteiger charge is 2.53. The molecule has 2 N–H and O–H groups in total. The van der Waals surface area contributed by atoms with Crippen molar-refractivity contribution in [2.45, 2.75) is 31.2 Å². The Hall–Kier alpha value is -2.81. The lowest BCUT2D eigenvalue weighted by Crippen LogP contribution is -2.35. The van der Waals surface area contributed by atoms with Crippen LogP contribution in [-0.4, -0.2) is 11.1 Å². The van der Waals surface area contributed by atoms with Gasteiger partial charge in [-0.1, -0.05) is 48.5 Å². The SMILES string of the molecule is O=C(O)c1ccc([C@@H]2Nc3c(ccc4ccccc34)[C@@H]3[C@H]4CC[C@@H](C4)[C@H]32)cc1. The van der Waals surface area contributed by atoms with Crippen molar-refractivity contribution in [1.82, 2.24) is 0 Å². The molecule has 28 heavy (non-hydrogen) atoms. The zero-order chi connectivity index (χ0) is 18.8. The molecule has 1 aliphatic heterocycles. The summed E-state index contributed by atoms with van der Waals surface area (Å²) in [7, 11) is 0. The van der Waals surface area contributed by atoms with E-state index in [1.165, 1.54) is 46.8 Å². The van der Waals surface area contributed by atoms with E-state index < -0.39 is 5.97 Å². The molecule has 5 atom stereocenters. The topological polar surface area (TPSA) is 49.3 Å². The monoisotopic (exact) mass is 369 g/mol. The molecular weight excluding hydrogens is 346 g/mol. The van der Waals surface area contributed by atoms with E-state index in [0.717, 1.165) is 11.8 Å². The summed E-state index contributed by atoms with van der Waals surface area (Å²) in [6.45, 7) is 0. The van der Waals surface area contributed by atoms with Crippen LogP contribution in [-0.2, 0) is 0 Å². The standard InChI is InChI=1S/C25H23NO2/c27-25(28)16-7-5-15(6-8-16)23-22-18-10-9-17(13-18)21(22)20-12-11-14-3-1-2-4-19(14)24(20)26-23/h1-8,11-12,17-18,21-23,26H,9-10,13H2,(H,27,28)/t17-,18-,21-,22+,23-/m0/s1. The van der Waals surface area contributed by atoms with Crippen LogP contribution in [0.4, 0.5) is 5.69 Å².